The third-order valence-electron chi connectivity index (χ3n) is 9.42. The lowest BCUT2D eigenvalue weighted by molar-refractivity contribution is -0.179. The smallest absolute Gasteiger partial charge is 0.413 e. The van der Waals surface area contributed by atoms with Gasteiger partial charge in [-0.05, 0) is 67.4 Å². The van der Waals surface area contributed by atoms with Crippen molar-refractivity contribution >= 4 is 56.4 Å². The molecule has 0 spiro atoms. The van der Waals surface area contributed by atoms with Gasteiger partial charge < -0.3 is 29.2 Å². The van der Waals surface area contributed by atoms with Crippen molar-refractivity contribution < 1.29 is 56.0 Å². The van der Waals surface area contributed by atoms with Crippen LogP contribution in [-0.2, 0) is 52.2 Å². The number of hydrogen-bond donors (Lipinski definition) is 3. The van der Waals surface area contributed by atoms with Crippen molar-refractivity contribution in [3.63, 3.8) is 0 Å². The minimum Gasteiger partial charge on any atom is -0.483 e. The lowest BCUT2D eigenvalue weighted by Gasteiger charge is -2.43. The Hall–Kier alpha value is -6.92. The van der Waals surface area contributed by atoms with Crippen LogP contribution in [0.3, 0.4) is 0 Å². The van der Waals surface area contributed by atoms with Crippen molar-refractivity contribution in [2.75, 3.05) is 11.9 Å². The molecule has 3 aromatic heterocycles. The third-order valence-corrected chi connectivity index (χ3v) is 11.1. The van der Waals surface area contributed by atoms with Gasteiger partial charge in [0.15, 0.2) is 16.6 Å². The first-order chi connectivity index (χ1) is 31.4. The van der Waals surface area contributed by atoms with E-state index in [4.69, 9.17) is 23.9 Å². The second-order valence-electron chi connectivity index (χ2n) is 17.8. The Balaban J connectivity index is 1.27. The topological polar surface area (TPSA) is 274 Å². The number of thiazole rings is 1. The zero-order valence-electron chi connectivity index (χ0n) is 37.9. The summed E-state index contributed by atoms with van der Waals surface area (Å²) in [6, 6.07) is 7.34. The maximum Gasteiger partial charge on any atom is 0.413 e. The number of nitrogens with zero attached hydrogens (tertiary/aromatic N) is 7. The minimum atomic E-state index is -5.20. The number of rotatable bonds is 17. The van der Waals surface area contributed by atoms with E-state index in [9.17, 15) is 36.9 Å². The molecule has 1 saturated heterocycles. The molecular weight excluding hydrogens is 915 g/mol. The molecule has 22 nitrogen and oxygen atoms in total. The third kappa shape index (κ3) is 13.1. The van der Waals surface area contributed by atoms with E-state index in [2.05, 4.69) is 31.1 Å². The Kier molecular flexibility index (Phi) is 14.7. The number of ether oxygens (including phenoxy) is 3. The summed E-state index contributed by atoms with van der Waals surface area (Å²) in [5.41, 5.74) is -3.76. The highest BCUT2D eigenvalue weighted by atomic mass is 32.2. The van der Waals surface area contributed by atoms with Crippen LogP contribution < -0.4 is 25.6 Å². The number of pyridine rings is 1. The highest BCUT2D eigenvalue weighted by Gasteiger charge is 2.54. The quantitative estimate of drug-likeness (QED) is 0.0442. The Morgan fingerprint density at radius 3 is 2.36 bits per heavy atom. The summed E-state index contributed by atoms with van der Waals surface area (Å²) in [5, 5.41) is 18.4. The van der Waals surface area contributed by atoms with Gasteiger partial charge in [-0.15, -0.1) is 16.4 Å². The standard InChI is InChI=1S/C43H51N9O13S2/c1-41(2,3)63-38(56)43(7,8)65-48-34(29-25-66-39(44-29)46-40(57)64-42(4,5)6)36(54)45-35-31(52(37(35)55)67(58,59)60)21-50-20-28(47-49-50)30-19-32(53)33(61-23-26-15-11-9-12-16-26)22-51(30)62-24-27-17-13-10-14-18-27/h9-17,19-20,22,25,27,31,35H,18,21,23-24H2,1-8H3,(H,45,54)(H,44,46,57)(H,58,59,60)/b48-34-/t27?,31-,35+/m1/s1. The number of anilines is 1. The van der Waals surface area contributed by atoms with Crippen molar-refractivity contribution in [3.05, 3.63) is 100.0 Å². The predicted octanol–water partition coefficient (Wildman–Crippen LogP) is 4.09. The number of amides is 3. The van der Waals surface area contributed by atoms with Crippen LogP contribution in [0.5, 0.6) is 5.75 Å². The highest BCUT2D eigenvalue weighted by molar-refractivity contribution is 7.84. The van der Waals surface area contributed by atoms with Crippen LogP contribution in [-0.4, -0.2) is 107 Å². The molecule has 2 aliphatic rings. The number of allylic oxidation sites excluding steroid dienone is 3. The number of carbonyl (C=O) groups excluding carboxylic acids is 4. The molecule has 1 aliphatic carbocycles. The number of hydrogen-bond acceptors (Lipinski definition) is 17. The fourth-order valence-corrected chi connectivity index (χ4v) is 7.80. The van der Waals surface area contributed by atoms with Crippen LogP contribution >= 0.6 is 11.3 Å². The van der Waals surface area contributed by atoms with Crippen LogP contribution in [0, 0.1) is 5.92 Å². The fraction of sp³-hybridized carbons (Fsp3) is 0.419. The lowest BCUT2D eigenvalue weighted by atomic mass is 9.98. The monoisotopic (exact) mass is 965 g/mol. The van der Waals surface area contributed by atoms with Gasteiger partial charge in [-0.3, -0.25) is 24.3 Å². The molecule has 1 aromatic carbocycles. The first-order valence-electron chi connectivity index (χ1n) is 20.7. The molecule has 3 amide bonds. The Morgan fingerprint density at radius 1 is 0.985 bits per heavy atom. The van der Waals surface area contributed by atoms with E-state index in [1.165, 1.54) is 42.4 Å². The molecule has 1 aliphatic heterocycles. The van der Waals surface area contributed by atoms with Crippen molar-refractivity contribution in [2.24, 2.45) is 11.1 Å². The van der Waals surface area contributed by atoms with E-state index < -0.39 is 80.8 Å². The van der Waals surface area contributed by atoms with Crippen LogP contribution in [0.2, 0.25) is 0 Å². The van der Waals surface area contributed by atoms with Gasteiger partial charge in [0.1, 0.15) is 47.5 Å². The molecule has 24 heteroatoms. The number of carbonyl (C=O) groups is 4. The van der Waals surface area contributed by atoms with Gasteiger partial charge >= 0.3 is 22.4 Å². The second kappa shape index (κ2) is 19.9. The summed E-state index contributed by atoms with van der Waals surface area (Å²) >= 11 is 0.877. The SMILES string of the molecule is CC(C)(C)OC(=O)Nc1nc(/C(=N/OC(C)(C)C(=O)OC(C)(C)C)C(=O)N[C@@H]2C(=O)N(S(=O)(=O)O)[C@@H]2Cn2cc(-c3cc(=O)c(OCc4ccccc4)cn3OCC3C=CC=CC3)nn2)cs1. The van der Waals surface area contributed by atoms with Gasteiger partial charge in [-0.2, -0.15) is 13.1 Å². The predicted molar refractivity (Wildman–Crippen MR) is 242 cm³/mol. The van der Waals surface area contributed by atoms with Gasteiger partial charge in [0.25, 0.3) is 11.8 Å². The molecule has 0 radical (unpaired) electrons. The Labute approximate surface area is 389 Å². The number of nitrogens with one attached hydrogen (secondary N) is 2. The van der Waals surface area contributed by atoms with E-state index in [0.717, 1.165) is 21.6 Å². The van der Waals surface area contributed by atoms with Crippen LogP contribution in [0.4, 0.5) is 9.93 Å². The summed E-state index contributed by atoms with van der Waals surface area (Å²) < 4.78 is 54.4. The van der Waals surface area contributed by atoms with Crippen molar-refractivity contribution in [1.82, 2.24) is 34.3 Å². The summed E-state index contributed by atoms with van der Waals surface area (Å²) in [4.78, 5) is 82.4. The minimum absolute atomic E-state index is 0.00988. The molecule has 3 atom stereocenters. The fourth-order valence-electron chi connectivity index (χ4n) is 6.25. The number of β-lactam (4-membered cyclic amide) rings is 1. The number of esters is 1. The maximum absolute atomic E-state index is 14.1. The second-order valence-corrected chi connectivity index (χ2v) is 19.9. The zero-order valence-corrected chi connectivity index (χ0v) is 39.5. The first-order valence-corrected chi connectivity index (χ1v) is 23.0. The van der Waals surface area contributed by atoms with E-state index >= 15 is 0 Å². The molecule has 4 heterocycles. The van der Waals surface area contributed by atoms with Crippen molar-refractivity contribution in [2.45, 2.75) is 104 Å². The van der Waals surface area contributed by atoms with E-state index in [1.54, 1.807) is 41.5 Å². The molecular formula is C43H51N9O13S2. The molecule has 358 valence electrons. The Morgan fingerprint density at radius 2 is 1.70 bits per heavy atom. The van der Waals surface area contributed by atoms with Crippen molar-refractivity contribution in [1.29, 1.82) is 0 Å². The number of benzene rings is 1. The molecule has 1 unspecified atom stereocenters. The number of aromatic nitrogens is 5. The van der Waals surface area contributed by atoms with Crippen LogP contribution in [0.25, 0.3) is 11.4 Å². The van der Waals surface area contributed by atoms with Gasteiger partial charge in [0.05, 0.1) is 25.0 Å². The normalized spacial score (nSPS) is 17.6. The van der Waals surface area contributed by atoms with E-state index in [1.807, 2.05) is 54.6 Å². The molecule has 0 saturated carbocycles. The van der Waals surface area contributed by atoms with Crippen LogP contribution in [0.1, 0.15) is 73.1 Å². The lowest BCUT2D eigenvalue weighted by Crippen LogP contribution is -2.73. The summed E-state index contributed by atoms with van der Waals surface area (Å²) in [5.74, 6) is -3.19. The molecule has 3 N–H and O–H groups in total. The zero-order chi connectivity index (χ0) is 48.9. The first kappa shape index (κ1) is 49.5. The molecule has 4 aromatic rings. The summed E-state index contributed by atoms with van der Waals surface area (Å²) in [6.07, 6.45) is 10.4. The maximum atomic E-state index is 14.1. The molecule has 6 rings (SSSR count). The molecule has 1 fully saturated rings. The average molecular weight is 966 g/mol. The molecule has 0 bridgehead atoms. The van der Waals surface area contributed by atoms with Crippen LogP contribution in [0.15, 0.2) is 88.4 Å². The average Bonchev–Trinajstić information content (AvgIpc) is 3.90. The highest BCUT2D eigenvalue weighted by Crippen LogP contribution is 2.28. The summed E-state index contributed by atoms with van der Waals surface area (Å²) in [6.45, 7) is 12.4. The van der Waals surface area contributed by atoms with E-state index in [-0.39, 0.29) is 51.4 Å². The summed E-state index contributed by atoms with van der Waals surface area (Å²) in [7, 11) is -5.20. The number of oxime groups is 1. The molecule has 67 heavy (non-hydrogen) atoms. The largest absolute Gasteiger partial charge is 0.483 e. The van der Waals surface area contributed by atoms with Gasteiger partial charge in [-0.25, -0.2) is 23.6 Å². The van der Waals surface area contributed by atoms with Gasteiger partial charge in [-0.1, -0.05) is 65.0 Å². The Bertz CT molecular complexity index is 2750. The van der Waals surface area contributed by atoms with E-state index in [0.29, 0.717) is 6.42 Å². The van der Waals surface area contributed by atoms with Gasteiger partial charge in [0, 0.05) is 17.4 Å². The van der Waals surface area contributed by atoms with Gasteiger partial charge in [0.2, 0.25) is 11.0 Å². The van der Waals surface area contributed by atoms with Crippen molar-refractivity contribution in [3.8, 4) is 17.1 Å².